The maximum Gasteiger partial charge on any atom is 0.269 e. The Bertz CT molecular complexity index is 1280. The minimum absolute atomic E-state index is 0.120. The van der Waals surface area contributed by atoms with Crippen molar-refractivity contribution < 1.29 is 14.3 Å². The Labute approximate surface area is 199 Å². The van der Waals surface area contributed by atoms with Crippen molar-refractivity contribution in [2.24, 2.45) is 0 Å². The number of rotatable bonds is 7. The van der Waals surface area contributed by atoms with Gasteiger partial charge in [-0.2, -0.15) is 0 Å². The summed E-state index contributed by atoms with van der Waals surface area (Å²) in [5.41, 5.74) is 3.98. The standard InChI is InChI=1S/C24H22N4O3S2/c1-4-31-19-11-7-17(8-12-19)23-25-14(2)21(33-23)22(30)28-24-27-20(13-32-24)16-5-9-18(10-6-16)26-15(3)29/h5-13H,4H2,1-3H3,(H,26,29)(H,27,28,30). The van der Waals surface area contributed by atoms with E-state index in [1.165, 1.54) is 29.6 Å². The SMILES string of the molecule is CCOc1ccc(-c2nc(C)c(C(=O)Nc3nc(-c4ccc(NC(C)=O)cc4)cs3)s2)cc1. The summed E-state index contributed by atoms with van der Waals surface area (Å²) in [5, 5.41) is 8.79. The molecule has 2 heterocycles. The number of thiazole rings is 2. The molecule has 0 atom stereocenters. The number of anilines is 2. The maximum atomic E-state index is 12.9. The number of amides is 2. The van der Waals surface area contributed by atoms with Crippen molar-refractivity contribution in [2.75, 3.05) is 17.2 Å². The molecular formula is C24H22N4O3S2. The van der Waals surface area contributed by atoms with E-state index in [1.807, 2.05) is 67.8 Å². The number of aryl methyl sites for hydroxylation is 1. The third kappa shape index (κ3) is 5.44. The summed E-state index contributed by atoms with van der Waals surface area (Å²) in [5.74, 6) is 0.450. The van der Waals surface area contributed by atoms with Gasteiger partial charge in [0.2, 0.25) is 5.91 Å². The van der Waals surface area contributed by atoms with Gasteiger partial charge in [-0.15, -0.1) is 22.7 Å². The van der Waals surface area contributed by atoms with Crippen LogP contribution in [0.2, 0.25) is 0 Å². The molecule has 0 aliphatic carbocycles. The van der Waals surface area contributed by atoms with Crippen molar-refractivity contribution in [3.63, 3.8) is 0 Å². The Kier molecular flexibility index (Phi) is 6.81. The predicted octanol–water partition coefficient (Wildman–Crippen LogP) is 5.85. The lowest BCUT2D eigenvalue weighted by Gasteiger charge is -2.03. The number of hydrogen-bond acceptors (Lipinski definition) is 7. The highest BCUT2D eigenvalue weighted by Gasteiger charge is 2.18. The lowest BCUT2D eigenvalue weighted by atomic mass is 10.1. The topological polar surface area (TPSA) is 93.2 Å². The van der Waals surface area contributed by atoms with E-state index in [1.54, 1.807) is 0 Å². The van der Waals surface area contributed by atoms with E-state index < -0.39 is 0 Å². The van der Waals surface area contributed by atoms with Gasteiger partial charge in [-0.1, -0.05) is 12.1 Å². The normalized spacial score (nSPS) is 10.6. The third-order valence-electron chi connectivity index (χ3n) is 4.64. The van der Waals surface area contributed by atoms with Crippen molar-refractivity contribution in [2.45, 2.75) is 20.8 Å². The van der Waals surface area contributed by atoms with Crippen LogP contribution in [0.15, 0.2) is 53.9 Å². The van der Waals surface area contributed by atoms with Crippen molar-refractivity contribution in [3.8, 4) is 27.6 Å². The van der Waals surface area contributed by atoms with Gasteiger partial charge >= 0.3 is 0 Å². The highest BCUT2D eigenvalue weighted by atomic mass is 32.1. The quantitative estimate of drug-likeness (QED) is 0.347. The minimum Gasteiger partial charge on any atom is -0.494 e. The van der Waals surface area contributed by atoms with E-state index in [9.17, 15) is 9.59 Å². The summed E-state index contributed by atoms with van der Waals surface area (Å²) in [6, 6.07) is 15.1. The lowest BCUT2D eigenvalue weighted by Crippen LogP contribution is -2.11. The van der Waals surface area contributed by atoms with Crippen LogP contribution in [0.1, 0.15) is 29.2 Å². The van der Waals surface area contributed by atoms with Crippen LogP contribution >= 0.6 is 22.7 Å². The van der Waals surface area contributed by atoms with Crippen LogP contribution in [0.5, 0.6) is 5.75 Å². The second kappa shape index (κ2) is 9.93. The summed E-state index contributed by atoms with van der Waals surface area (Å²) in [4.78, 5) is 33.7. The van der Waals surface area contributed by atoms with Crippen LogP contribution < -0.4 is 15.4 Å². The van der Waals surface area contributed by atoms with Crippen LogP contribution in [-0.2, 0) is 4.79 Å². The molecule has 7 nitrogen and oxygen atoms in total. The van der Waals surface area contributed by atoms with Gasteiger partial charge in [-0.05, 0) is 50.2 Å². The van der Waals surface area contributed by atoms with Gasteiger partial charge in [0.05, 0.1) is 18.0 Å². The zero-order valence-electron chi connectivity index (χ0n) is 18.3. The first kappa shape index (κ1) is 22.6. The van der Waals surface area contributed by atoms with Gasteiger partial charge in [0.1, 0.15) is 15.6 Å². The van der Waals surface area contributed by atoms with E-state index in [4.69, 9.17) is 4.74 Å². The molecule has 0 aliphatic heterocycles. The van der Waals surface area contributed by atoms with Gasteiger partial charge in [-0.25, -0.2) is 9.97 Å². The van der Waals surface area contributed by atoms with Crippen molar-refractivity contribution in [3.05, 3.63) is 64.5 Å². The van der Waals surface area contributed by atoms with Gasteiger partial charge in [0.25, 0.3) is 5.91 Å². The fraction of sp³-hybridized carbons (Fsp3) is 0.167. The number of carbonyl (C=O) groups excluding carboxylic acids is 2. The number of nitrogens with one attached hydrogen (secondary N) is 2. The van der Waals surface area contributed by atoms with Gasteiger partial charge in [0, 0.05) is 29.1 Å². The molecule has 0 aliphatic rings. The van der Waals surface area contributed by atoms with Gasteiger partial charge < -0.3 is 10.1 Å². The van der Waals surface area contributed by atoms with Crippen LogP contribution in [0.4, 0.5) is 10.8 Å². The molecule has 0 unspecified atom stereocenters. The van der Waals surface area contributed by atoms with E-state index in [0.29, 0.717) is 22.3 Å². The highest BCUT2D eigenvalue weighted by molar-refractivity contribution is 7.17. The predicted molar refractivity (Wildman–Crippen MR) is 133 cm³/mol. The molecule has 0 bridgehead atoms. The Hall–Kier alpha value is -3.56. The van der Waals surface area contributed by atoms with E-state index in [-0.39, 0.29) is 11.8 Å². The average molecular weight is 479 g/mol. The zero-order valence-corrected chi connectivity index (χ0v) is 20.0. The molecule has 4 aromatic rings. The van der Waals surface area contributed by atoms with E-state index in [0.717, 1.165) is 33.3 Å². The van der Waals surface area contributed by atoms with Crippen LogP contribution in [0.25, 0.3) is 21.8 Å². The molecule has 2 N–H and O–H groups in total. The van der Waals surface area contributed by atoms with Crippen molar-refractivity contribution >= 4 is 45.3 Å². The van der Waals surface area contributed by atoms with Crippen LogP contribution in [0, 0.1) is 6.92 Å². The fourth-order valence-electron chi connectivity index (χ4n) is 3.14. The monoisotopic (exact) mass is 478 g/mol. The molecule has 0 fully saturated rings. The first-order valence-electron chi connectivity index (χ1n) is 10.3. The Morgan fingerprint density at radius 1 is 0.970 bits per heavy atom. The molecule has 33 heavy (non-hydrogen) atoms. The first-order valence-corrected chi connectivity index (χ1v) is 12.0. The van der Waals surface area contributed by atoms with Gasteiger partial charge in [0.15, 0.2) is 5.13 Å². The van der Waals surface area contributed by atoms with E-state index in [2.05, 4.69) is 20.6 Å². The second-order valence-corrected chi connectivity index (χ2v) is 9.00. The highest BCUT2D eigenvalue weighted by Crippen LogP contribution is 2.31. The molecule has 0 saturated heterocycles. The molecule has 2 amide bonds. The fourth-order valence-corrected chi connectivity index (χ4v) is 4.82. The van der Waals surface area contributed by atoms with Gasteiger partial charge in [-0.3, -0.25) is 14.9 Å². The largest absolute Gasteiger partial charge is 0.494 e. The van der Waals surface area contributed by atoms with Crippen molar-refractivity contribution in [1.29, 1.82) is 0 Å². The first-order chi connectivity index (χ1) is 15.9. The smallest absolute Gasteiger partial charge is 0.269 e. The molecule has 0 spiro atoms. The Morgan fingerprint density at radius 2 is 1.67 bits per heavy atom. The molecule has 4 rings (SSSR count). The summed E-state index contributed by atoms with van der Waals surface area (Å²) < 4.78 is 5.48. The second-order valence-electron chi connectivity index (χ2n) is 7.14. The Balaban J connectivity index is 1.46. The number of aromatic nitrogens is 2. The molecule has 9 heteroatoms. The number of ether oxygens (including phenoxy) is 1. The molecule has 0 radical (unpaired) electrons. The summed E-state index contributed by atoms with van der Waals surface area (Å²) in [6.45, 7) is 5.85. The number of carbonyl (C=O) groups is 2. The third-order valence-corrected chi connectivity index (χ3v) is 6.60. The average Bonchev–Trinajstić information content (AvgIpc) is 3.41. The molecule has 2 aromatic heterocycles. The summed E-state index contributed by atoms with van der Waals surface area (Å²) >= 11 is 2.70. The minimum atomic E-state index is -0.232. The Morgan fingerprint density at radius 3 is 2.33 bits per heavy atom. The molecular weight excluding hydrogens is 456 g/mol. The number of nitrogens with zero attached hydrogens (tertiary/aromatic N) is 2. The molecule has 2 aromatic carbocycles. The summed E-state index contributed by atoms with van der Waals surface area (Å²) in [6.07, 6.45) is 0. The molecule has 0 saturated carbocycles. The zero-order chi connectivity index (χ0) is 23.4. The van der Waals surface area contributed by atoms with Crippen LogP contribution in [-0.4, -0.2) is 28.4 Å². The van der Waals surface area contributed by atoms with Crippen molar-refractivity contribution in [1.82, 2.24) is 9.97 Å². The summed E-state index contributed by atoms with van der Waals surface area (Å²) in [7, 11) is 0. The van der Waals surface area contributed by atoms with Crippen LogP contribution in [0.3, 0.4) is 0 Å². The number of benzene rings is 2. The van der Waals surface area contributed by atoms with E-state index >= 15 is 0 Å². The lowest BCUT2D eigenvalue weighted by molar-refractivity contribution is -0.114. The molecule has 168 valence electrons. The number of hydrogen-bond donors (Lipinski definition) is 2. The maximum absolute atomic E-state index is 12.9.